The highest BCUT2D eigenvalue weighted by atomic mass is 79.9. The van der Waals surface area contributed by atoms with E-state index in [1.165, 1.54) is 16.9 Å². The topological polar surface area (TPSA) is 56.7 Å². The van der Waals surface area contributed by atoms with Gasteiger partial charge in [0, 0.05) is 16.5 Å². The molecule has 0 saturated heterocycles. The highest BCUT2D eigenvalue weighted by Crippen LogP contribution is 2.42. The van der Waals surface area contributed by atoms with E-state index >= 15 is 0 Å². The molecule has 2 N–H and O–H groups in total. The third-order valence-corrected chi connectivity index (χ3v) is 4.82. The summed E-state index contributed by atoms with van der Waals surface area (Å²) in [5.41, 5.74) is 10.2. The van der Waals surface area contributed by atoms with E-state index in [0.29, 0.717) is 5.13 Å². The Hall–Kier alpha value is -1.66. The van der Waals surface area contributed by atoms with E-state index < -0.39 is 0 Å². The number of anilines is 1. The van der Waals surface area contributed by atoms with Crippen LogP contribution in [0.3, 0.4) is 0 Å². The molecule has 1 aliphatic rings. The van der Waals surface area contributed by atoms with Crippen molar-refractivity contribution in [3.63, 3.8) is 0 Å². The van der Waals surface area contributed by atoms with Gasteiger partial charge in [-0.1, -0.05) is 23.5 Å². The lowest BCUT2D eigenvalue weighted by Crippen LogP contribution is -1.98. The summed E-state index contributed by atoms with van der Waals surface area (Å²) in [5, 5.41) is 5.12. The first kappa shape index (κ1) is 11.2. The fourth-order valence-electron chi connectivity index (χ4n) is 2.42. The maximum atomic E-state index is 5.80. The maximum absolute atomic E-state index is 5.80. The van der Waals surface area contributed by atoms with Crippen LogP contribution in [0.15, 0.2) is 34.9 Å². The number of benzene rings is 1. The molecule has 1 aliphatic carbocycles. The van der Waals surface area contributed by atoms with Crippen LogP contribution in [0.2, 0.25) is 0 Å². The van der Waals surface area contributed by atoms with Crippen molar-refractivity contribution >= 4 is 32.4 Å². The Kier molecular flexibility index (Phi) is 2.31. The monoisotopic (exact) mass is 332 g/mol. The van der Waals surface area contributed by atoms with Crippen LogP contribution in [0.4, 0.5) is 5.13 Å². The molecular weight excluding hydrogens is 324 g/mol. The minimum absolute atomic E-state index is 0.621. The lowest BCUT2D eigenvalue weighted by Gasteiger charge is -2.07. The van der Waals surface area contributed by atoms with Crippen molar-refractivity contribution in [2.75, 3.05) is 5.73 Å². The summed E-state index contributed by atoms with van der Waals surface area (Å²) in [4.78, 5) is 5.52. The Morgan fingerprint density at radius 3 is 3.00 bits per heavy atom. The summed E-state index contributed by atoms with van der Waals surface area (Å²) in [6.45, 7) is 0. The standard InChI is InChI=1S/C13H9BrN4S/c14-8-3-1-2-4-10(8)18-11-7(6-16-18)5-9-12(11)19-13(15)17-9/h1-4,6H,5H2,(H2,15,17). The van der Waals surface area contributed by atoms with Gasteiger partial charge in [0.2, 0.25) is 0 Å². The minimum atomic E-state index is 0.621. The van der Waals surface area contributed by atoms with Crippen LogP contribution in [0.5, 0.6) is 0 Å². The molecule has 94 valence electrons. The van der Waals surface area contributed by atoms with Gasteiger partial charge in [0.15, 0.2) is 5.13 Å². The molecule has 2 heterocycles. The molecule has 0 unspecified atom stereocenters. The van der Waals surface area contributed by atoms with Crippen LogP contribution in [-0.2, 0) is 6.42 Å². The van der Waals surface area contributed by atoms with Crippen LogP contribution in [0.1, 0.15) is 11.3 Å². The Morgan fingerprint density at radius 2 is 2.16 bits per heavy atom. The number of thiazole rings is 1. The van der Waals surface area contributed by atoms with E-state index in [0.717, 1.165) is 32.8 Å². The highest BCUT2D eigenvalue weighted by Gasteiger charge is 2.28. The second kappa shape index (κ2) is 3.91. The molecule has 4 rings (SSSR count). The molecule has 6 heteroatoms. The third-order valence-electron chi connectivity index (χ3n) is 3.21. The van der Waals surface area contributed by atoms with E-state index in [1.54, 1.807) is 0 Å². The Bertz CT molecular complexity index is 790. The zero-order valence-electron chi connectivity index (χ0n) is 9.80. The van der Waals surface area contributed by atoms with Crippen molar-refractivity contribution in [1.82, 2.24) is 14.8 Å². The Balaban J connectivity index is 1.97. The first-order valence-electron chi connectivity index (χ1n) is 5.81. The van der Waals surface area contributed by atoms with Crippen LogP contribution >= 0.6 is 27.3 Å². The molecule has 3 aromatic rings. The number of nitrogens with zero attached hydrogens (tertiary/aromatic N) is 3. The molecule has 0 atom stereocenters. The third kappa shape index (κ3) is 1.56. The van der Waals surface area contributed by atoms with Crippen LogP contribution in [0, 0.1) is 0 Å². The number of para-hydroxylation sites is 1. The van der Waals surface area contributed by atoms with Crippen molar-refractivity contribution in [3.8, 4) is 16.3 Å². The average molecular weight is 333 g/mol. The molecule has 0 radical (unpaired) electrons. The summed E-state index contributed by atoms with van der Waals surface area (Å²) >= 11 is 5.10. The van der Waals surface area contributed by atoms with Crippen LogP contribution in [0.25, 0.3) is 16.3 Å². The summed E-state index contributed by atoms with van der Waals surface area (Å²) in [6.07, 6.45) is 2.74. The summed E-state index contributed by atoms with van der Waals surface area (Å²) < 4.78 is 2.98. The van der Waals surface area contributed by atoms with E-state index in [2.05, 4.69) is 26.0 Å². The summed E-state index contributed by atoms with van der Waals surface area (Å²) in [6, 6.07) is 8.05. The molecule has 0 amide bonds. The molecule has 2 aromatic heterocycles. The lowest BCUT2D eigenvalue weighted by atomic mass is 10.2. The smallest absolute Gasteiger partial charge is 0.180 e. The van der Waals surface area contributed by atoms with Gasteiger partial charge in [0.1, 0.15) is 0 Å². The van der Waals surface area contributed by atoms with E-state index in [9.17, 15) is 0 Å². The number of nitrogen functional groups attached to an aromatic ring is 1. The van der Waals surface area contributed by atoms with Gasteiger partial charge in [-0.05, 0) is 28.1 Å². The number of aromatic nitrogens is 3. The molecule has 0 saturated carbocycles. The number of hydrogen-bond donors (Lipinski definition) is 1. The largest absolute Gasteiger partial charge is 0.375 e. The van der Waals surface area contributed by atoms with Gasteiger partial charge < -0.3 is 5.73 Å². The SMILES string of the molecule is Nc1nc2c(s1)-c1c(cnn1-c1ccccc1Br)C2. The van der Waals surface area contributed by atoms with Crippen LogP contribution < -0.4 is 5.73 Å². The van der Waals surface area contributed by atoms with Gasteiger partial charge in [0.05, 0.1) is 28.1 Å². The fraction of sp³-hybridized carbons (Fsp3) is 0.0769. The van der Waals surface area contributed by atoms with Crippen molar-refractivity contribution in [3.05, 3.63) is 46.2 Å². The highest BCUT2D eigenvalue weighted by molar-refractivity contribution is 9.10. The quantitative estimate of drug-likeness (QED) is 0.582. The van der Waals surface area contributed by atoms with E-state index in [1.807, 2.05) is 35.1 Å². The molecule has 4 nitrogen and oxygen atoms in total. The van der Waals surface area contributed by atoms with Crippen molar-refractivity contribution < 1.29 is 0 Å². The average Bonchev–Trinajstić information content (AvgIpc) is 3.00. The lowest BCUT2D eigenvalue weighted by molar-refractivity contribution is 0.884. The number of nitrogens with two attached hydrogens (primary N) is 1. The van der Waals surface area contributed by atoms with Crippen molar-refractivity contribution in [1.29, 1.82) is 0 Å². The van der Waals surface area contributed by atoms with Crippen molar-refractivity contribution in [2.45, 2.75) is 6.42 Å². The van der Waals surface area contributed by atoms with E-state index in [-0.39, 0.29) is 0 Å². The van der Waals surface area contributed by atoms with Gasteiger partial charge >= 0.3 is 0 Å². The van der Waals surface area contributed by atoms with Crippen LogP contribution in [-0.4, -0.2) is 14.8 Å². The molecule has 0 fully saturated rings. The van der Waals surface area contributed by atoms with Gasteiger partial charge in [-0.2, -0.15) is 5.10 Å². The molecule has 0 spiro atoms. The second-order valence-corrected chi connectivity index (χ2v) is 6.27. The molecule has 0 aliphatic heterocycles. The number of rotatable bonds is 1. The zero-order valence-corrected chi connectivity index (χ0v) is 12.2. The molecule has 1 aromatic carbocycles. The normalized spacial score (nSPS) is 12.5. The first-order valence-corrected chi connectivity index (χ1v) is 7.42. The fourth-order valence-corrected chi connectivity index (χ4v) is 3.78. The Morgan fingerprint density at radius 1 is 1.32 bits per heavy atom. The summed E-state index contributed by atoms with van der Waals surface area (Å²) in [7, 11) is 0. The van der Waals surface area contributed by atoms with Gasteiger partial charge in [-0.25, -0.2) is 9.67 Å². The van der Waals surface area contributed by atoms with Gasteiger partial charge in [-0.15, -0.1) is 0 Å². The minimum Gasteiger partial charge on any atom is -0.375 e. The summed E-state index contributed by atoms with van der Waals surface area (Å²) in [5.74, 6) is 0. The number of hydrogen-bond acceptors (Lipinski definition) is 4. The van der Waals surface area contributed by atoms with E-state index in [4.69, 9.17) is 5.73 Å². The predicted molar refractivity (Wildman–Crippen MR) is 79.6 cm³/mol. The molecule has 0 bridgehead atoms. The zero-order chi connectivity index (χ0) is 13.0. The number of halogens is 1. The molecular formula is C13H9BrN4S. The van der Waals surface area contributed by atoms with Crippen molar-refractivity contribution in [2.24, 2.45) is 0 Å². The van der Waals surface area contributed by atoms with Gasteiger partial charge in [-0.3, -0.25) is 0 Å². The predicted octanol–water partition coefficient (Wildman–Crippen LogP) is 3.24. The maximum Gasteiger partial charge on any atom is 0.180 e. The number of fused-ring (bicyclic) bond motifs is 3. The van der Waals surface area contributed by atoms with Gasteiger partial charge in [0.25, 0.3) is 0 Å². The molecule has 19 heavy (non-hydrogen) atoms. The first-order chi connectivity index (χ1) is 9.24. The second-order valence-electron chi connectivity index (χ2n) is 4.39. The Labute approximate surface area is 122 Å².